The van der Waals surface area contributed by atoms with Crippen molar-refractivity contribution in [2.45, 2.75) is 27.7 Å². The van der Waals surface area contributed by atoms with Crippen molar-refractivity contribution in [2.75, 3.05) is 0 Å². The Balaban J connectivity index is 0.000000158. The first kappa shape index (κ1) is 76.9. The van der Waals surface area contributed by atoms with Gasteiger partial charge in [-0.2, -0.15) is 0 Å². The summed E-state index contributed by atoms with van der Waals surface area (Å²) in [4.78, 5) is 43.8. The summed E-state index contributed by atoms with van der Waals surface area (Å²) in [6, 6.07) is 121. The smallest absolute Gasteiger partial charge is 0.423 e. The highest BCUT2D eigenvalue weighted by atomic mass is 35.5. The Kier molecular flexibility index (Phi) is 23.3. The minimum Gasteiger partial charge on any atom is -0.423 e. The maximum Gasteiger partial charge on any atom is 0.488 e. The molecule has 14 heteroatoms. The molecule has 2 N–H and O–H groups in total. The van der Waals surface area contributed by atoms with E-state index in [1.807, 2.05) is 152 Å². The molecule has 0 saturated carbocycles. The van der Waals surface area contributed by atoms with Crippen LogP contribution < -0.4 is 5.46 Å². The summed E-state index contributed by atoms with van der Waals surface area (Å²) < 4.78 is 0. The number of halogens is 2. The molecule has 18 aromatic rings. The lowest BCUT2D eigenvalue weighted by Gasteiger charge is -2.14. The summed E-state index contributed by atoms with van der Waals surface area (Å²) in [7, 11) is -1.41. The Morgan fingerprint density at radius 2 is 0.402 bits per heavy atom. The molecule has 5 heterocycles. The van der Waals surface area contributed by atoms with Gasteiger partial charge < -0.3 is 10.0 Å². The van der Waals surface area contributed by atoms with Crippen LogP contribution >= 0.6 is 23.2 Å². The van der Waals surface area contributed by atoms with Crippen LogP contribution in [0.15, 0.2) is 377 Å². The van der Waals surface area contributed by atoms with Gasteiger partial charge in [-0.25, -0.2) is 29.9 Å². The van der Waals surface area contributed by atoms with Crippen molar-refractivity contribution in [2.24, 2.45) is 0 Å². The van der Waals surface area contributed by atoms with Gasteiger partial charge in [0.25, 0.3) is 0 Å². The quantitative estimate of drug-likeness (QED) is 0.0888. The van der Waals surface area contributed by atoms with Crippen LogP contribution in [0.2, 0.25) is 10.0 Å². The van der Waals surface area contributed by atoms with E-state index in [-0.39, 0.29) is 0 Å². The summed E-state index contributed by atoms with van der Waals surface area (Å²) in [6.45, 7) is 8.38. The lowest BCUT2D eigenvalue weighted by molar-refractivity contribution is 0.426. The van der Waals surface area contributed by atoms with Crippen LogP contribution in [0.3, 0.4) is 0 Å². The Morgan fingerprint density at radius 1 is 0.197 bits per heavy atom. The normalized spacial score (nSPS) is 10.9. The van der Waals surface area contributed by atoms with Crippen LogP contribution in [0.5, 0.6) is 0 Å². The molecule has 0 aliphatic heterocycles. The molecule has 0 aliphatic rings. The van der Waals surface area contributed by atoms with E-state index in [0.717, 1.165) is 134 Å². The molecule has 0 unspecified atom stereocenters. The minimum absolute atomic E-state index is 0.481. The zero-order chi connectivity index (χ0) is 80.1. The second kappa shape index (κ2) is 35.5. The van der Waals surface area contributed by atoms with Gasteiger partial charge >= 0.3 is 7.12 Å². The van der Waals surface area contributed by atoms with E-state index >= 15 is 0 Å². The molecule has 0 radical (unpaired) electrons. The fraction of sp³-hybridized carbons (Fsp3) is 0.0388. The third-order valence-corrected chi connectivity index (χ3v) is 20.5. The minimum atomic E-state index is -1.41. The van der Waals surface area contributed by atoms with Crippen molar-refractivity contribution in [1.82, 2.24) is 44.9 Å². The number of aromatic nitrogens is 9. The third kappa shape index (κ3) is 18.9. The van der Waals surface area contributed by atoms with Crippen LogP contribution in [-0.2, 0) is 0 Å². The molecule has 5 aromatic heterocycles. The van der Waals surface area contributed by atoms with Gasteiger partial charge in [-0.15, -0.1) is 0 Å². The SMILES string of the molecule is Cc1ccc(-c2cc(-c3ccc(-c4ccccn4)cc3)cc(-c3nc(-c4ccccc4)nc(-c4cc(-c5ccc(C)cc5)cc(-c5ccc(-c6ccccn6)cc5)c4)n3)c2)cc1.Cc1ccc(-c2cc(Cl)cc(-c3nc(-c4ccccc4)nc(-c4cc(Cl)cc(-c5ccc(C)cc5)c4)n3)c2)cc1.OB(O)c1ccc(-c2ccccn2)cc1. The van der Waals surface area contributed by atoms with Gasteiger partial charge in [0.05, 0.1) is 17.1 Å². The summed E-state index contributed by atoms with van der Waals surface area (Å²) >= 11 is 13.3. The lowest BCUT2D eigenvalue weighted by atomic mass is 9.80. The van der Waals surface area contributed by atoms with Crippen molar-refractivity contribution in [1.29, 1.82) is 0 Å². The fourth-order valence-electron chi connectivity index (χ4n) is 13.7. The molecular formula is C103H76BCl2N9O2. The van der Waals surface area contributed by atoms with Gasteiger partial charge in [0.2, 0.25) is 0 Å². The van der Waals surface area contributed by atoms with E-state index in [4.69, 9.17) is 63.2 Å². The average molecular weight is 1550 g/mol. The van der Waals surface area contributed by atoms with Gasteiger partial charge in [-0.1, -0.05) is 294 Å². The van der Waals surface area contributed by atoms with Gasteiger partial charge in [0.1, 0.15) is 0 Å². The maximum absolute atomic E-state index is 8.93. The zero-order valence-corrected chi connectivity index (χ0v) is 66.1. The first-order valence-electron chi connectivity index (χ1n) is 38.4. The van der Waals surface area contributed by atoms with Crippen molar-refractivity contribution in [3.05, 3.63) is 409 Å². The van der Waals surface area contributed by atoms with E-state index in [0.29, 0.717) is 50.5 Å². The maximum atomic E-state index is 8.93. The zero-order valence-electron chi connectivity index (χ0n) is 64.5. The summed E-state index contributed by atoms with van der Waals surface area (Å²) in [5.41, 5.74) is 29.2. The van der Waals surface area contributed by atoms with Crippen molar-refractivity contribution < 1.29 is 10.0 Å². The van der Waals surface area contributed by atoms with Crippen molar-refractivity contribution in [3.8, 4) is 169 Å². The molecule has 0 spiro atoms. The number of hydrogen-bond donors (Lipinski definition) is 2. The number of rotatable bonds is 16. The van der Waals surface area contributed by atoms with E-state index in [1.54, 1.807) is 18.3 Å². The van der Waals surface area contributed by atoms with E-state index < -0.39 is 7.12 Å². The molecule has 11 nitrogen and oxygen atoms in total. The third-order valence-electron chi connectivity index (χ3n) is 20.1. The molecule has 13 aromatic carbocycles. The van der Waals surface area contributed by atoms with Crippen LogP contribution in [0.1, 0.15) is 22.3 Å². The predicted molar refractivity (Wildman–Crippen MR) is 480 cm³/mol. The van der Waals surface area contributed by atoms with Crippen LogP contribution in [0.4, 0.5) is 0 Å². The second-order valence-corrected chi connectivity index (χ2v) is 29.5. The Labute approximate surface area is 691 Å². The molecule has 562 valence electrons. The fourth-order valence-corrected chi connectivity index (χ4v) is 14.2. The number of hydrogen-bond acceptors (Lipinski definition) is 11. The molecular weight excluding hydrogens is 1480 g/mol. The standard InChI is InChI=1S/C57H41N5.C35H25Cl2N3.C11H10BNO2/c1-38-14-18-40(19-15-38)47-32-49(42-22-26-44(27-23-42)53-12-6-8-30-58-53)36-51(34-47)56-60-55(46-10-4-3-5-11-46)61-57(62-56)52-35-48(41-20-16-39(2)17-21-41)33-50(37-52)43-24-28-45(29-25-43)54-13-7-9-31-59-54;1-22-8-12-24(13-9-22)27-16-29(20-31(36)18-27)34-38-33(26-6-4-3-5-7-26)39-35(40-34)30-17-28(19-32(37)21-30)25-14-10-23(2)11-15-25;14-12(15)10-6-4-9(5-7-10)11-3-1-2-8-13-11/h3-37H,1-2H3;3-21H,1-2H3;1-8,14-15H. The highest BCUT2D eigenvalue weighted by Gasteiger charge is 2.21. The van der Waals surface area contributed by atoms with Gasteiger partial charge in [0, 0.05) is 78.7 Å². The molecule has 0 atom stereocenters. The van der Waals surface area contributed by atoms with Gasteiger partial charge in [0.15, 0.2) is 34.9 Å². The van der Waals surface area contributed by atoms with Crippen LogP contribution in [-0.4, -0.2) is 62.0 Å². The second-order valence-electron chi connectivity index (χ2n) is 28.7. The van der Waals surface area contributed by atoms with Crippen molar-refractivity contribution in [3.63, 3.8) is 0 Å². The van der Waals surface area contributed by atoms with Crippen LogP contribution in [0.25, 0.3) is 169 Å². The number of nitrogens with zero attached hydrogens (tertiary/aromatic N) is 9. The van der Waals surface area contributed by atoms with E-state index in [9.17, 15) is 0 Å². The summed E-state index contributed by atoms with van der Waals surface area (Å²) in [5, 5.41) is 19.1. The molecule has 0 aliphatic carbocycles. The predicted octanol–water partition coefficient (Wildman–Crippen LogP) is 24.8. The van der Waals surface area contributed by atoms with Gasteiger partial charge in [-0.3, -0.25) is 15.0 Å². The van der Waals surface area contributed by atoms with Crippen molar-refractivity contribution >= 4 is 35.8 Å². The first-order chi connectivity index (χ1) is 57.2. The average Bonchev–Trinajstić information content (AvgIpc) is 0.783. The molecule has 18 rings (SSSR count). The molecule has 0 bridgehead atoms. The molecule has 0 fully saturated rings. The Morgan fingerprint density at radius 3 is 0.658 bits per heavy atom. The molecule has 0 saturated heterocycles. The number of aryl methyl sites for hydroxylation is 4. The Hall–Kier alpha value is -14.1. The van der Waals surface area contributed by atoms with Gasteiger partial charge in [-0.05, 0) is 209 Å². The first-order valence-corrected chi connectivity index (χ1v) is 39.2. The number of benzene rings is 13. The highest BCUT2D eigenvalue weighted by molar-refractivity contribution is 6.58. The molecule has 0 amide bonds. The Bertz CT molecular complexity index is 6150. The van der Waals surface area contributed by atoms with E-state index in [2.05, 4.69) is 249 Å². The topological polar surface area (TPSA) is 156 Å². The largest absolute Gasteiger partial charge is 0.488 e. The lowest BCUT2D eigenvalue weighted by Crippen LogP contribution is -2.29. The summed E-state index contributed by atoms with van der Waals surface area (Å²) in [5.74, 6) is 3.45. The summed E-state index contributed by atoms with van der Waals surface area (Å²) in [6.07, 6.45) is 5.38. The van der Waals surface area contributed by atoms with E-state index in [1.165, 1.54) is 22.3 Å². The van der Waals surface area contributed by atoms with Crippen LogP contribution in [0, 0.1) is 27.7 Å². The highest BCUT2D eigenvalue weighted by Crippen LogP contribution is 2.40. The number of pyridine rings is 3. The molecule has 117 heavy (non-hydrogen) atoms. The monoisotopic (exact) mass is 1550 g/mol.